The Morgan fingerprint density at radius 1 is 1.43 bits per heavy atom. The van der Waals surface area contributed by atoms with Gasteiger partial charge >= 0.3 is 0 Å². The van der Waals surface area contributed by atoms with Crippen molar-refractivity contribution in [2.45, 2.75) is 19.0 Å². The monoisotopic (exact) mass is 313 g/mol. The fourth-order valence-electron chi connectivity index (χ4n) is 2.23. The van der Waals surface area contributed by atoms with Gasteiger partial charge in [0.1, 0.15) is 11.8 Å². The molecule has 0 aromatic heterocycles. The number of amides is 2. The zero-order valence-corrected chi connectivity index (χ0v) is 12.7. The summed E-state index contributed by atoms with van der Waals surface area (Å²) in [5.41, 5.74) is 6.26. The summed E-state index contributed by atoms with van der Waals surface area (Å²) < 4.78 is 5.09. The third-order valence-corrected chi connectivity index (χ3v) is 3.35. The molecular weight excluding hydrogens is 294 g/mol. The molecule has 3 N–H and O–H groups in total. The predicted octanol–water partition coefficient (Wildman–Crippen LogP) is 0.293. The van der Waals surface area contributed by atoms with Crippen molar-refractivity contribution in [2.24, 2.45) is 5.73 Å². The van der Waals surface area contributed by atoms with Crippen molar-refractivity contribution in [3.8, 4) is 5.75 Å². The van der Waals surface area contributed by atoms with Gasteiger partial charge < -0.3 is 20.7 Å². The van der Waals surface area contributed by atoms with Crippen LogP contribution in [0, 0.1) is 0 Å². The number of ether oxygens (including phenoxy) is 1. The molecule has 0 radical (unpaired) electrons. The lowest BCUT2D eigenvalue weighted by atomic mass is 10.2. The van der Waals surface area contributed by atoms with Crippen LogP contribution in [0.5, 0.6) is 5.75 Å². The molecule has 1 heterocycles. The second kappa shape index (κ2) is 7.85. The van der Waals surface area contributed by atoms with Crippen LogP contribution in [-0.4, -0.2) is 43.0 Å². The van der Waals surface area contributed by atoms with E-state index in [9.17, 15) is 9.59 Å². The molecule has 1 aliphatic heterocycles. The number of hydrogen-bond donors (Lipinski definition) is 2. The second-order valence-electron chi connectivity index (χ2n) is 4.72. The summed E-state index contributed by atoms with van der Waals surface area (Å²) in [6.07, 6.45) is 0.626. The molecule has 0 bridgehead atoms. The third kappa shape index (κ3) is 4.34. The van der Waals surface area contributed by atoms with E-state index in [0.29, 0.717) is 19.5 Å². The fourth-order valence-corrected chi connectivity index (χ4v) is 2.23. The first-order valence-electron chi connectivity index (χ1n) is 6.55. The van der Waals surface area contributed by atoms with Crippen molar-refractivity contribution >= 4 is 24.2 Å². The zero-order chi connectivity index (χ0) is 14.5. The first-order chi connectivity index (χ1) is 9.63. The summed E-state index contributed by atoms with van der Waals surface area (Å²) in [7, 11) is 1.61. The van der Waals surface area contributed by atoms with Gasteiger partial charge in [0.2, 0.25) is 11.8 Å². The molecular formula is C14H20ClN3O3. The highest BCUT2D eigenvalue weighted by Gasteiger charge is 2.32. The van der Waals surface area contributed by atoms with E-state index in [0.717, 1.165) is 11.3 Å². The number of nitrogens with two attached hydrogens (primary N) is 1. The first-order valence-corrected chi connectivity index (χ1v) is 6.55. The molecule has 6 nitrogen and oxygen atoms in total. The Morgan fingerprint density at radius 3 is 2.67 bits per heavy atom. The Bertz CT molecular complexity index is 493. The summed E-state index contributed by atoms with van der Waals surface area (Å²) in [5, 5.41) is 2.64. The molecule has 0 aliphatic carbocycles. The fraction of sp³-hybridized carbons (Fsp3) is 0.429. The maximum Gasteiger partial charge on any atom is 0.245 e. The molecule has 1 aromatic carbocycles. The van der Waals surface area contributed by atoms with Crippen molar-refractivity contribution in [3.05, 3.63) is 29.8 Å². The van der Waals surface area contributed by atoms with Crippen LogP contribution in [0.15, 0.2) is 24.3 Å². The highest BCUT2D eigenvalue weighted by molar-refractivity contribution is 5.89. The van der Waals surface area contributed by atoms with Crippen LogP contribution in [0.1, 0.15) is 12.0 Å². The molecule has 2 rings (SSSR count). The van der Waals surface area contributed by atoms with Crippen molar-refractivity contribution in [1.29, 1.82) is 0 Å². The molecule has 1 fully saturated rings. The molecule has 21 heavy (non-hydrogen) atoms. The number of rotatable bonds is 5. The summed E-state index contributed by atoms with van der Waals surface area (Å²) in [6, 6.07) is 7.15. The van der Waals surface area contributed by atoms with E-state index in [1.54, 1.807) is 12.0 Å². The Balaban J connectivity index is 0.00000220. The van der Waals surface area contributed by atoms with Gasteiger partial charge in [-0.15, -0.1) is 12.4 Å². The zero-order valence-electron chi connectivity index (χ0n) is 11.9. The van der Waals surface area contributed by atoms with Gasteiger partial charge in [-0.05, 0) is 24.1 Å². The van der Waals surface area contributed by atoms with Crippen LogP contribution < -0.4 is 15.8 Å². The van der Waals surface area contributed by atoms with Crippen LogP contribution in [0.3, 0.4) is 0 Å². The number of nitrogens with one attached hydrogen (secondary N) is 1. The summed E-state index contributed by atoms with van der Waals surface area (Å²) in [4.78, 5) is 25.1. The van der Waals surface area contributed by atoms with Crippen LogP contribution in [0.25, 0.3) is 0 Å². The molecule has 2 amide bonds. The third-order valence-electron chi connectivity index (χ3n) is 3.35. The van der Waals surface area contributed by atoms with E-state index >= 15 is 0 Å². The largest absolute Gasteiger partial charge is 0.497 e. The smallest absolute Gasteiger partial charge is 0.245 e. The van der Waals surface area contributed by atoms with E-state index in [-0.39, 0.29) is 30.8 Å². The standard InChI is InChI=1S/C14H19N3O3.ClH/c1-20-11-4-2-10(3-5-11)9-17-7-6-12(14(17)19)16-13(18)8-15;/h2-5,12H,6-9,15H2,1H3,(H,16,18);1H. The molecule has 1 aromatic rings. The number of likely N-dealkylation sites (tertiary alicyclic amines) is 1. The first kappa shape index (κ1) is 17.3. The number of methoxy groups -OCH3 is 1. The van der Waals surface area contributed by atoms with Gasteiger partial charge in [0.25, 0.3) is 0 Å². The Labute approximate surface area is 130 Å². The number of halogens is 1. The lowest BCUT2D eigenvalue weighted by Crippen LogP contribution is -2.43. The van der Waals surface area contributed by atoms with E-state index in [1.165, 1.54) is 0 Å². The number of nitrogens with zero attached hydrogens (tertiary/aromatic N) is 1. The molecule has 0 saturated carbocycles. The van der Waals surface area contributed by atoms with Gasteiger partial charge in [0.15, 0.2) is 0 Å². The number of carbonyl (C=O) groups excluding carboxylic acids is 2. The average Bonchev–Trinajstić information content (AvgIpc) is 2.81. The molecule has 1 saturated heterocycles. The van der Waals surface area contributed by atoms with E-state index in [2.05, 4.69) is 5.32 Å². The SMILES string of the molecule is COc1ccc(CN2CCC(NC(=O)CN)C2=O)cc1.Cl. The minimum atomic E-state index is -0.440. The molecule has 116 valence electrons. The average molecular weight is 314 g/mol. The summed E-state index contributed by atoms with van der Waals surface area (Å²) in [6.45, 7) is 1.08. The van der Waals surface area contributed by atoms with Gasteiger partial charge in [0.05, 0.1) is 13.7 Å². The summed E-state index contributed by atoms with van der Waals surface area (Å²) >= 11 is 0. The molecule has 1 atom stereocenters. The van der Waals surface area contributed by atoms with Crippen molar-refractivity contribution < 1.29 is 14.3 Å². The highest BCUT2D eigenvalue weighted by atomic mass is 35.5. The molecule has 7 heteroatoms. The van der Waals surface area contributed by atoms with Gasteiger partial charge in [-0.2, -0.15) is 0 Å². The van der Waals surface area contributed by atoms with E-state index in [1.807, 2.05) is 24.3 Å². The Morgan fingerprint density at radius 2 is 2.10 bits per heavy atom. The molecule has 0 spiro atoms. The summed E-state index contributed by atoms with van der Waals surface area (Å²) in [5.74, 6) is 0.437. The normalized spacial score (nSPS) is 17.3. The number of carbonyl (C=O) groups is 2. The van der Waals surface area contributed by atoms with Gasteiger partial charge in [-0.25, -0.2) is 0 Å². The van der Waals surface area contributed by atoms with Crippen LogP contribution in [-0.2, 0) is 16.1 Å². The lowest BCUT2D eigenvalue weighted by molar-refractivity contribution is -0.132. The second-order valence-corrected chi connectivity index (χ2v) is 4.72. The number of benzene rings is 1. The molecule has 1 unspecified atom stereocenters. The lowest BCUT2D eigenvalue weighted by Gasteiger charge is -2.17. The van der Waals surface area contributed by atoms with Gasteiger partial charge in [-0.1, -0.05) is 12.1 Å². The Hall–Kier alpha value is -1.79. The van der Waals surface area contributed by atoms with E-state index in [4.69, 9.17) is 10.5 Å². The highest BCUT2D eigenvalue weighted by Crippen LogP contribution is 2.17. The van der Waals surface area contributed by atoms with Crippen molar-refractivity contribution in [3.63, 3.8) is 0 Å². The maximum absolute atomic E-state index is 12.1. The van der Waals surface area contributed by atoms with Gasteiger partial charge in [0, 0.05) is 13.1 Å². The van der Waals surface area contributed by atoms with Crippen molar-refractivity contribution in [1.82, 2.24) is 10.2 Å². The van der Waals surface area contributed by atoms with Crippen LogP contribution in [0.4, 0.5) is 0 Å². The van der Waals surface area contributed by atoms with Crippen molar-refractivity contribution in [2.75, 3.05) is 20.2 Å². The Kier molecular flexibility index (Phi) is 6.45. The maximum atomic E-state index is 12.1. The minimum absolute atomic E-state index is 0. The van der Waals surface area contributed by atoms with Crippen LogP contribution in [0.2, 0.25) is 0 Å². The van der Waals surface area contributed by atoms with Crippen LogP contribution >= 0.6 is 12.4 Å². The minimum Gasteiger partial charge on any atom is -0.497 e. The molecule has 1 aliphatic rings. The van der Waals surface area contributed by atoms with Gasteiger partial charge in [-0.3, -0.25) is 9.59 Å². The van der Waals surface area contributed by atoms with E-state index < -0.39 is 6.04 Å². The number of hydrogen-bond acceptors (Lipinski definition) is 4. The topological polar surface area (TPSA) is 84.7 Å². The quantitative estimate of drug-likeness (QED) is 0.818. The predicted molar refractivity (Wildman–Crippen MR) is 81.3 cm³/mol.